The molecule has 0 unspecified atom stereocenters. The van der Waals surface area contributed by atoms with Gasteiger partial charge in [0, 0.05) is 43.5 Å². The van der Waals surface area contributed by atoms with Gasteiger partial charge in [-0.1, -0.05) is 6.07 Å². The maximum atomic E-state index is 13.9. The molecule has 33 heavy (non-hydrogen) atoms. The maximum absolute atomic E-state index is 13.9. The second-order valence-corrected chi connectivity index (χ2v) is 8.73. The zero-order chi connectivity index (χ0) is 23.3. The minimum atomic E-state index is -0.809. The van der Waals surface area contributed by atoms with E-state index in [1.807, 2.05) is 0 Å². The first-order valence-electron chi connectivity index (χ1n) is 11.0. The fraction of sp³-hybridized carbons (Fsp3) is 0.435. The number of rotatable bonds is 5. The lowest BCUT2D eigenvalue weighted by atomic mass is 10.0. The van der Waals surface area contributed by atoms with Crippen LogP contribution in [0.25, 0.3) is 0 Å². The van der Waals surface area contributed by atoms with Crippen LogP contribution in [0.4, 0.5) is 8.78 Å². The molecule has 1 saturated heterocycles. The topological polar surface area (TPSA) is 94.9 Å². The standard InChI is InChI=1S/C23H24F2N4O4/c24-14-3-2-13(18(25)8-14)9-26-22(32)16-10-27-11-19-28(15-4-5-15)6-1-7-29(19)23(33)20(27)17(12-30)21(16)31/h2-3,8,10,15,19,30H,1,4-7,9,11-12H2,(H,26,32)/t19-/m0/s1. The minimum absolute atomic E-state index is 0.0679. The van der Waals surface area contributed by atoms with Crippen LogP contribution in [0, 0.1) is 11.6 Å². The summed E-state index contributed by atoms with van der Waals surface area (Å²) in [5, 5.41) is 12.4. The molecule has 3 heterocycles. The fourth-order valence-electron chi connectivity index (χ4n) is 4.85. The van der Waals surface area contributed by atoms with Gasteiger partial charge in [0.15, 0.2) is 0 Å². The second-order valence-electron chi connectivity index (χ2n) is 8.73. The molecule has 1 aromatic heterocycles. The van der Waals surface area contributed by atoms with E-state index in [2.05, 4.69) is 10.2 Å². The predicted molar refractivity (Wildman–Crippen MR) is 113 cm³/mol. The Hall–Kier alpha value is -3.11. The number of aromatic nitrogens is 1. The molecule has 5 rings (SSSR count). The molecular weight excluding hydrogens is 434 g/mol. The highest BCUT2D eigenvalue weighted by Gasteiger charge is 2.44. The highest BCUT2D eigenvalue weighted by atomic mass is 19.1. The number of hydrogen-bond acceptors (Lipinski definition) is 5. The fourth-order valence-corrected chi connectivity index (χ4v) is 4.85. The van der Waals surface area contributed by atoms with Gasteiger partial charge in [-0.3, -0.25) is 19.3 Å². The number of pyridine rings is 1. The van der Waals surface area contributed by atoms with E-state index in [1.54, 1.807) is 9.47 Å². The largest absolute Gasteiger partial charge is 0.391 e. The maximum Gasteiger partial charge on any atom is 0.272 e. The van der Waals surface area contributed by atoms with Crippen LogP contribution < -0.4 is 10.7 Å². The molecule has 2 N–H and O–H groups in total. The molecule has 3 aliphatic rings. The average Bonchev–Trinajstić information content (AvgIpc) is 3.63. The number of carbonyl (C=O) groups is 2. The van der Waals surface area contributed by atoms with E-state index in [0.717, 1.165) is 31.9 Å². The Kier molecular flexibility index (Phi) is 5.49. The Labute approximate surface area is 188 Å². The predicted octanol–water partition coefficient (Wildman–Crippen LogP) is 1.20. The quantitative estimate of drug-likeness (QED) is 0.702. The van der Waals surface area contributed by atoms with Crippen molar-refractivity contribution in [2.24, 2.45) is 0 Å². The van der Waals surface area contributed by atoms with Gasteiger partial charge in [0.2, 0.25) is 5.43 Å². The van der Waals surface area contributed by atoms with E-state index >= 15 is 0 Å². The van der Waals surface area contributed by atoms with Crippen molar-refractivity contribution >= 4 is 11.8 Å². The van der Waals surface area contributed by atoms with Crippen LogP contribution in [0.1, 0.15) is 51.2 Å². The number of amides is 2. The molecule has 0 radical (unpaired) electrons. The van der Waals surface area contributed by atoms with Gasteiger partial charge in [0.25, 0.3) is 11.8 Å². The monoisotopic (exact) mass is 458 g/mol. The summed E-state index contributed by atoms with van der Waals surface area (Å²) >= 11 is 0. The van der Waals surface area contributed by atoms with E-state index in [0.29, 0.717) is 25.2 Å². The highest BCUT2D eigenvalue weighted by Crippen LogP contribution is 2.34. The first kappa shape index (κ1) is 21.7. The molecule has 1 aromatic carbocycles. The van der Waals surface area contributed by atoms with Crippen molar-refractivity contribution < 1.29 is 23.5 Å². The van der Waals surface area contributed by atoms with Crippen LogP contribution in [-0.4, -0.2) is 56.6 Å². The summed E-state index contributed by atoms with van der Waals surface area (Å²) in [4.78, 5) is 43.1. The Balaban J connectivity index is 1.46. The molecule has 2 aliphatic heterocycles. The van der Waals surface area contributed by atoms with Crippen molar-refractivity contribution in [1.82, 2.24) is 19.7 Å². The molecule has 10 heteroatoms. The van der Waals surface area contributed by atoms with Gasteiger partial charge in [-0.2, -0.15) is 0 Å². The molecule has 8 nitrogen and oxygen atoms in total. The number of nitrogens with zero attached hydrogens (tertiary/aromatic N) is 3. The summed E-state index contributed by atoms with van der Waals surface area (Å²) in [6, 6.07) is 3.45. The molecule has 1 saturated carbocycles. The molecule has 1 atom stereocenters. The van der Waals surface area contributed by atoms with Gasteiger partial charge in [-0.15, -0.1) is 0 Å². The van der Waals surface area contributed by atoms with Gasteiger partial charge in [-0.25, -0.2) is 8.78 Å². The summed E-state index contributed by atoms with van der Waals surface area (Å²) in [6.07, 6.45) is 4.21. The summed E-state index contributed by atoms with van der Waals surface area (Å²) in [6.45, 7) is 0.927. The molecule has 0 bridgehead atoms. The van der Waals surface area contributed by atoms with Gasteiger partial charge < -0.3 is 19.9 Å². The van der Waals surface area contributed by atoms with Crippen LogP contribution in [0.5, 0.6) is 0 Å². The minimum Gasteiger partial charge on any atom is -0.391 e. The number of halogens is 2. The van der Waals surface area contributed by atoms with Gasteiger partial charge in [0.05, 0.1) is 18.7 Å². The third-order valence-corrected chi connectivity index (χ3v) is 6.63. The molecule has 2 amide bonds. The lowest BCUT2D eigenvalue weighted by molar-refractivity contribution is -0.0140. The van der Waals surface area contributed by atoms with E-state index in [4.69, 9.17) is 0 Å². The summed E-state index contributed by atoms with van der Waals surface area (Å²) < 4.78 is 28.6. The van der Waals surface area contributed by atoms with Crippen molar-refractivity contribution in [2.45, 2.75) is 51.2 Å². The molecule has 2 aromatic rings. The van der Waals surface area contributed by atoms with Crippen LogP contribution in [0.2, 0.25) is 0 Å². The first-order chi connectivity index (χ1) is 15.9. The second kappa shape index (κ2) is 8.35. The zero-order valence-electron chi connectivity index (χ0n) is 17.9. The SMILES string of the molecule is O=C(NCc1ccc(F)cc1F)c1cn2c(c(CO)c1=O)C(=O)N1CCCN(C3CC3)[C@@H]1C2. The van der Waals surface area contributed by atoms with Crippen molar-refractivity contribution in [3.8, 4) is 0 Å². The molecule has 174 valence electrons. The van der Waals surface area contributed by atoms with Crippen LogP contribution >= 0.6 is 0 Å². The van der Waals surface area contributed by atoms with Crippen LogP contribution in [0.15, 0.2) is 29.2 Å². The number of nitrogens with one attached hydrogen (secondary N) is 1. The Morgan fingerprint density at radius 2 is 1.97 bits per heavy atom. The molecule has 0 spiro atoms. The Morgan fingerprint density at radius 3 is 2.67 bits per heavy atom. The normalized spacial score (nSPS) is 20.4. The van der Waals surface area contributed by atoms with Crippen LogP contribution in [0.3, 0.4) is 0 Å². The Bertz CT molecular complexity index is 1190. The Morgan fingerprint density at radius 1 is 1.18 bits per heavy atom. The van der Waals surface area contributed by atoms with Crippen molar-refractivity contribution in [3.63, 3.8) is 0 Å². The number of carbonyl (C=O) groups excluding carboxylic acids is 2. The van der Waals surface area contributed by atoms with Crippen LogP contribution in [-0.2, 0) is 19.7 Å². The van der Waals surface area contributed by atoms with E-state index < -0.39 is 29.6 Å². The lowest BCUT2D eigenvalue weighted by Gasteiger charge is -2.47. The first-order valence-corrected chi connectivity index (χ1v) is 11.0. The van der Waals surface area contributed by atoms with Crippen molar-refractivity contribution in [3.05, 3.63) is 68.6 Å². The number of aliphatic hydroxyl groups is 1. The van der Waals surface area contributed by atoms with E-state index in [9.17, 15) is 28.3 Å². The third-order valence-electron chi connectivity index (χ3n) is 6.63. The lowest BCUT2D eigenvalue weighted by Crippen LogP contribution is -2.61. The number of hydrogen-bond donors (Lipinski definition) is 2. The molecule has 1 aliphatic carbocycles. The highest BCUT2D eigenvalue weighted by molar-refractivity contribution is 5.98. The van der Waals surface area contributed by atoms with Gasteiger partial charge in [-0.05, 0) is 25.3 Å². The van der Waals surface area contributed by atoms with Gasteiger partial charge >= 0.3 is 0 Å². The van der Waals surface area contributed by atoms with E-state index in [1.165, 1.54) is 12.3 Å². The van der Waals surface area contributed by atoms with Crippen molar-refractivity contribution in [1.29, 1.82) is 0 Å². The average molecular weight is 458 g/mol. The smallest absolute Gasteiger partial charge is 0.272 e. The number of fused-ring (bicyclic) bond motifs is 2. The summed E-state index contributed by atoms with van der Waals surface area (Å²) in [5.74, 6) is -2.62. The molecule has 2 fully saturated rings. The summed E-state index contributed by atoms with van der Waals surface area (Å²) in [5.41, 5.74) is -0.914. The van der Waals surface area contributed by atoms with Crippen molar-refractivity contribution in [2.75, 3.05) is 13.1 Å². The number of aliphatic hydroxyl groups excluding tert-OH is 1. The summed E-state index contributed by atoms with van der Waals surface area (Å²) in [7, 11) is 0. The van der Waals surface area contributed by atoms with E-state index in [-0.39, 0.29) is 41.0 Å². The number of benzene rings is 1. The zero-order valence-corrected chi connectivity index (χ0v) is 17.9. The van der Waals surface area contributed by atoms with Gasteiger partial charge in [0.1, 0.15) is 29.1 Å². The third kappa shape index (κ3) is 3.83. The molecular formula is C23H24F2N4O4.